The SMILES string of the molecule is FC=CCCC[C@H]1CC[C@H](CCc2ccc(F)c(F)c2)CC1. The third-order valence-electron chi connectivity index (χ3n) is 4.86. The number of unbranched alkanes of at least 4 members (excludes halogenated alkanes) is 1. The molecule has 1 fully saturated rings. The van der Waals surface area contributed by atoms with Gasteiger partial charge in [-0.3, -0.25) is 0 Å². The summed E-state index contributed by atoms with van der Waals surface area (Å²) in [6.45, 7) is 0. The lowest BCUT2D eigenvalue weighted by atomic mass is 9.78. The van der Waals surface area contributed by atoms with Crippen LogP contribution in [0.25, 0.3) is 0 Å². The molecule has 1 aromatic rings. The van der Waals surface area contributed by atoms with E-state index in [0.29, 0.717) is 12.2 Å². The Morgan fingerprint density at radius 3 is 2.27 bits per heavy atom. The summed E-state index contributed by atoms with van der Waals surface area (Å²) in [4.78, 5) is 0. The summed E-state index contributed by atoms with van der Waals surface area (Å²) in [5.74, 6) is -0.0296. The second-order valence-corrected chi connectivity index (χ2v) is 6.47. The van der Waals surface area contributed by atoms with Gasteiger partial charge in [-0.1, -0.05) is 44.2 Å². The van der Waals surface area contributed by atoms with Crippen molar-refractivity contribution in [2.45, 2.75) is 57.8 Å². The highest BCUT2D eigenvalue weighted by atomic mass is 19.2. The lowest BCUT2D eigenvalue weighted by molar-refractivity contribution is 0.250. The molecule has 0 aromatic heterocycles. The molecule has 1 aliphatic carbocycles. The Labute approximate surface area is 131 Å². The monoisotopic (exact) mass is 310 g/mol. The molecular weight excluding hydrogens is 285 g/mol. The second-order valence-electron chi connectivity index (χ2n) is 6.47. The first-order chi connectivity index (χ1) is 10.7. The number of halogens is 3. The first-order valence-electron chi connectivity index (χ1n) is 8.38. The molecule has 122 valence electrons. The topological polar surface area (TPSA) is 0 Å². The average molecular weight is 310 g/mol. The summed E-state index contributed by atoms with van der Waals surface area (Å²) in [7, 11) is 0. The van der Waals surface area contributed by atoms with Crippen molar-refractivity contribution >= 4 is 0 Å². The Morgan fingerprint density at radius 1 is 0.955 bits per heavy atom. The van der Waals surface area contributed by atoms with E-state index < -0.39 is 11.6 Å². The highest BCUT2D eigenvalue weighted by Gasteiger charge is 2.20. The van der Waals surface area contributed by atoms with E-state index >= 15 is 0 Å². The van der Waals surface area contributed by atoms with E-state index in [9.17, 15) is 13.2 Å². The van der Waals surface area contributed by atoms with Crippen LogP contribution in [0.5, 0.6) is 0 Å². The number of hydrogen-bond donors (Lipinski definition) is 0. The maximum atomic E-state index is 13.2. The molecule has 0 bridgehead atoms. The Bertz CT molecular complexity index is 474. The van der Waals surface area contributed by atoms with Crippen molar-refractivity contribution in [1.29, 1.82) is 0 Å². The van der Waals surface area contributed by atoms with Crippen LogP contribution in [-0.4, -0.2) is 0 Å². The van der Waals surface area contributed by atoms with E-state index in [1.54, 1.807) is 12.1 Å². The average Bonchev–Trinajstić information content (AvgIpc) is 2.54. The van der Waals surface area contributed by atoms with Gasteiger partial charge in [0.05, 0.1) is 6.33 Å². The number of benzene rings is 1. The lowest BCUT2D eigenvalue weighted by Gasteiger charge is -2.28. The molecule has 1 saturated carbocycles. The molecule has 0 spiro atoms. The number of allylic oxidation sites excluding steroid dienone is 1. The maximum absolute atomic E-state index is 13.2. The van der Waals surface area contributed by atoms with Crippen LogP contribution in [0.15, 0.2) is 30.6 Å². The highest BCUT2D eigenvalue weighted by Crippen LogP contribution is 2.34. The van der Waals surface area contributed by atoms with Crippen LogP contribution in [-0.2, 0) is 6.42 Å². The zero-order valence-electron chi connectivity index (χ0n) is 13.0. The lowest BCUT2D eigenvalue weighted by Crippen LogP contribution is -2.15. The molecule has 0 saturated heterocycles. The summed E-state index contributed by atoms with van der Waals surface area (Å²) < 4.78 is 37.9. The van der Waals surface area contributed by atoms with Crippen molar-refractivity contribution in [3.05, 3.63) is 47.8 Å². The van der Waals surface area contributed by atoms with Gasteiger partial charge in [-0.25, -0.2) is 13.2 Å². The molecule has 2 rings (SSSR count). The molecule has 0 atom stereocenters. The van der Waals surface area contributed by atoms with Gasteiger partial charge in [-0.15, -0.1) is 0 Å². The molecule has 0 nitrogen and oxygen atoms in total. The van der Waals surface area contributed by atoms with E-state index in [0.717, 1.165) is 37.2 Å². The Morgan fingerprint density at radius 2 is 1.64 bits per heavy atom. The minimum atomic E-state index is -0.771. The van der Waals surface area contributed by atoms with Gasteiger partial charge in [0.15, 0.2) is 11.6 Å². The third kappa shape index (κ3) is 5.51. The van der Waals surface area contributed by atoms with Crippen LogP contribution >= 0.6 is 0 Å². The van der Waals surface area contributed by atoms with Crippen LogP contribution in [0.1, 0.15) is 56.9 Å². The van der Waals surface area contributed by atoms with Crippen LogP contribution in [0.2, 0.25) is 0 Å². The molecule has 0 aliphatic heterocycles. The molecule has 1 aromatic carbocycles. The van der Waals surface area contributed by atoms with Crippen molar-refractivity contribution in [2.24, 2.45) is 11.8 Å². The van der Waals surface area contributed by atoms with E-state index in [1.165, 1.54) is 44.2 Å². The van der Waals surface area contributed by atoms with Gasteiger partial charge < -0.3 is 0 Å². The first kappa shape index (κ1) is 17.1. The van der Waals surface area contributed by atoms with Gasteiger partial charge in [0.1, 0.15) is 0 Å². The minimum absolute atomic E-state index is 0.634. The van der Waals surface area contributed by atoms with Crippen molar-refractivity contribution in [3.8, 4) is 0 Å². The standard InChI is InChI=1S/C19H25F3/c20-13-3-1-2-4-15-5-7-16(8-6-15)9-10-17-11-12-18(21)19(22)14-17/h3,11-16H,1-2,4-10H2/t15-,16-. The predicted octanol–water partition coefficient (Wildman–Crippen LogP) is 6.36. The summed E-state index contributed by atoms with van der Waals surface area (Å²) in [5.41, 5.74) is 0.888. The van der Waals surface area contributed by atoms with Crippen molar-refractivity contribution < 1.29 is 13.2 Å². The molecule has 0 unspecified atom stereocenters. The summed E-state index contributed by atoms with van der Waals surface area (Å²) in [6.07, 6.45) is 12.2. The number of hydrogen-bond acceptors (Lipinski definition) is 0. The van der Waals surface area contributed by atoms with Crippen LogP contribution in [0.4, 0.5) is 13.2 Å². The van der Waals surface area contributed by atoms with Crippen LogP contribution in [0, 0.1) is 23.5 Å². The molecule has 0 amide bonds. The number of rotatable bonds is 7. The zero-order chi connectivity index (χ0) is 15.8. The maximum Gasteiger partial charge on any atom is 0.159 e. The van der Waals surface area contributed by atoms with E-state index in [-0.39, 0.29) is 0 Å². The van der Waals surface area contributed by atoms with Gasteiger partial charge in [-0.2, -0.15) is 0 Å². The normalized spacial score (nSPS) is 22.3. The third-order valence-corrected chi connectivity index (χ3v) is 4.86. The summed E-state index contributed by atoms with van der Waals surface area (Å²) >= 11 is 0. The Hall–Kier alpha value is -1.25. The fourth-order valence-electron chi connectivity index (χ4n) is 3.46. The van der Waals surface area contributed by atoms with Crippen molar-refractivity contribution in [1.82, 2.24) is 0 Å². The molecule has 0 heterocycles. The van der Waals surface area contributed by atoms with Crippen LogP contribution < -0.4 is 0 Å². The second kappa shape index (κ2) is 9.02. The Balaban J connectivity index is 1.65. The fourth-order valence-corrected chi connectivity index (χ4v) is 3.46. The molecule has 0 N–H and O–H groups in total. The van der Waals surface area contributed by atoms with Gasteiger partial charge >= 0.3 is 0 Å². The number of aryl methyl sites for hydroxylation is 1. The smallest absolute Gasteiger partial charge is 0.159 e. The van der Waals surface area contributed by atoms with Gasteiger partial charge in [0.25, 0.3) is 0 Å². The molecule has 1 aliphatic rings. The predicted molar refractivity (Wildman–Crippen MR) is 84.2 cm³/mol. The molecular formula is C19H25F3. The van der Waals surface area contributed by atoms with E-state index in [1.807, 2.05) is 0 Å². The molecule has 0 radical (unpaired) electrons. The Kier molecular flexibility index (Phi) is 7.01. The summed E-state index contributed by atoms with van der Waals surface area (Å²) in [5, 5.41) is 0. The molecule has 22 heavy (non-hydrogen) atoms. The van der Waals surface area contributed by atoms with Crippen molar-refractivity contribution in [3.63, 3.8) is 0 Å². The van der Waals surface area contributed by atoms with E-state index in [2.05, 4.69) is 0 Å². The minimum Gasteiger partial charge on any atom is -0.216 e. The fraction of sp³-hybridized carbons (Fsp3) is 0.579. The molecule has 3 heteroatoms. The quantitative estimate of drug-likeness (QED) is 0.514. The zero-order valence-corrected chi connectivity index (χ0v) is 13.0. The van der Waals surface area contributed by atoms with Gasteiger partial charge in [0.2, 0.25) is 0 Å². The van der Waals surface area contributed by atoms with Crippen LogP contribution in [0.3, 0.4) is 0 Å². The summed E-state index contributed by atoms with van der Waals surface area (Å²) in [6, 6.07) is 4.22. The van der Waals surface area contributed by atoms with E-state index in [4.69, 9.17) is 0 Å². The van der Waals surface area contributed by atoms with Gasteiger partial charge in [0, 0.05) is 0 Å². The largest absolute Gasteiger partial charge is 0.216 e. The highest BCUT2D eigenvalue weighted by molar-refractivity contribution is 5.17. The van der Waals surface area contributed by atoms with Gasteiger partial charge in [-0.05, 0) is 55.2 Å². The van der Waals surface area contributed by atoms with Crippen molar-refractivity contribution in [2.75, 3.05) is 0 Å². The first-order valence-corrected chi connectivity index (χ1v) is 8.38.